The highest BCUT2D eigenvalue weighted by molar-refractivity contribution is 5.83. The third kappa shape index (κ3) is 5.61. The molecule has 0 atom stereocenters. The number of hydrazine groups is 1. The summed E-state index contributed by atoms with van der Waals surface area (Å²) in [5.74, 6) is -0.958. The molecule has 3 aromatic rings. The van der Waals surface area contributed by atoms with Gasteiger partial charge in [-0.25, -0.2) is 0 Å². The zero-order valence-electron chi connectivity index (χ0n) is 14.8. The molecule has 0 aliphatic heterocycles. The predicted molar refractivity (Wildman–Crippen MR) is 94.7 cm³/mol. The number of hydrogen-bond acceptors (Lipinski definition) is 5. The van der Waals surface area contributed by atoms with E-state index in [4.69, 9.17) is 0 Å². The van der Waals surface area contributed by atoms with E-state index in [0.29, 0.717) is 5.82 Å². The van der Waals surface area contributed by atoms with Crippen molar-refractivity contribution in [3.05, 3.63) is 65.7 Å². The van der Waals surface area contributed by atoms with Crippen molar-refractivity contribution in [2.24, 2.45) is 0 Å². The molecule has 1 heterocycles. The topological polar surface area (TPSA) is 102 Å². The van der Waals surface area contributed by atoms with Crippen LogP contribution in [0, 0.1) is 0 Å². The number of carbonyl (C=O) groups is 2. The number of nitrogens with one attached hydrogen (secondary N) is 2. The fourth-order valence-corrected chi connectivity index (χ4v) is 2.41. The molecule has 2 aromatic carbocycles. The Kier molecular flexibility index (Phi) is 5.86. The second kappa shape index (κ2) is 8.50. The highest BCUT2D eigenvalue weighted by Crippen LogP contribution is 2.29. The minimum Gasteiger partial charge on any atom is -0.273 e. The zero-order valence-corrected chi connectivity index (χ0v) is 14.8. The molecule has 11 heteroatoms. The average Bonchev–Trinajstić information content (AvgIpc) is 3.15. The third-order valence-electron chi connectivity index (χ3n) is 3.73. The van der Waals surface area contributed by atoms with E-state index in [1.165, 1.54) is 12.1 Å². The van der Waals surface area contributed by atoms with E-state index in [1.54, 1.807) is 12.1 Å². The quantitative estimate of drug-likeness (QED) is 0.631. The van der Waals surface area contributed by atoms with Gasteiger partial charge in [-0.2, -0.15) is 18.0 Å². The number of amides is 2. The molecule has 2 N–H and O–H groups in total. The lowest BCUT2D eigenvalue weighted by Crippen LogP contribution is -2.44. The summed E-state index contributed by atoms with van der Waals surface area (Å²) < 4.78 is 38.1. The van der Waals surface area contributed by atoms with Crippen LogP contribution in [0.1, 0.15) is 11.1 Å². The molecule has 0 saturated carbocycles. The van der Waals surface area contributed by atoms with E-state index in [0.717, 1.165) is 22.5 Å². The smallest absolute Gasteiger partial charge is 0.273 e. The number of tetrazole rings is 1. The van der Waals surface area contributed by atoms with Gasteiger partial charge in [-0.3, -0.25) is 20.4 Å². The van der Waals surface area contributed by atoms with Gasteiger partial charge in [-0.05, 0) is 16.8 Å². The maximum Gasteiger partial charge on any atom is 0.416 e. The maximum atomic E-state index is 12.7. The molecule has 0 spiro atoms. The summed E-state index contributed by atoms with van der Waals surface area (Å²) in [6.45, 7) is -0.302. The molecule has 0 aliphatic carbocycles. The van der Waals surface area contributed by atoms with Crippen LogP contribution < -0.4 is 10.9 Å². The Morgan fingerprint density at radius 1 is 0.966 bits per heavy atom. The molecule has 8 nitrogen and oxygen atoms in total. The van der Waals surface area contributed by atoms with Crippen molar-refractivity contribution in [3.63, 3.8) is 0 Å². The van der Waals surface area contributed by atoms with Crippen molar-refractivity contribution >= 4 is 11.8 Å². The van der Waals surface area contributed by atoms with Crippen molar-refractivity contribution in [3.8, 4) is 11.4 Å². The second-order valence-electron chi connectivity index (χ2n) is 5.98. The van der Waals surface area contributed by atoms with Crippen molar-refractivity contribution in [2.45, 2.75) is 19.1 Å². The zero-order chi connectivity index (χ0) is 20.9. The van der Waals surface area contributed by atoms with E-state index in [-0.39, 0.29) is 18.5 Å². The average molecular weight is 404 g/mol. The minimum absolute atomic E-state index is 0.164. The van der Waals surface area contributed by atoms with Gasteiger partial charge in [0, 0.05) is 5.56 Å². The van der Waals surface area contributed by atoms with Crippen LogP contribution in [0.5, 0.6) is 0 Å². The number of rotatable bonds is 5. The van der Waals surface area contributed by atoms with Crippen LogP contribution in [0.25, 0.3) is 11.4 Å². The molecule has 1 aromatic heterocycles. The van der Waals surface area contributed by atoms with E-state index in [9.17, 15) is 22.8 Å². The fraction of sp³-hybridized carbons (Fsp3) is 0.167. The van der Waals surface area contributed by atoms with Gasteiger partial charge < -0.3 is 0 Å². The minimum atomic E-state index is -4.50. The van der Waals surface area contributed by atoms with Gasteiger partial charge in [0.05, 0.1) is 12.0 Å². The molecular formula is C18H15F3N6O2. The lowest BCUT2D eigenvalue weighted by atomic mass is 10.1. The van der Waals surface area contributed by atoms with Gasteiger partial charge >= 0.3 is 6.18 Å². The van der Waals surface area contributed by atoms with Gasteiger partial charge in [0.2, 0.25) is 11.7 Å². The largest absolute Gasteiger partial charge is 0.416 e. The van der Waals surface area contributed by atoms with Gasteiger partial charge in [0.15, 0.2) is 0 Å². The van der Waals surface area contributed by atoms with Crippen LogP contribution in [0.3, 0.4) is 0 Å². The number of hydrogen-bond donors (Lipinski definition) is 2. The molecule has 0 fully saturated rings. The molecule has 3 rings (SSSR count). The Hall–Kier alpha value is -3.76. The number of alkyl halides is 3. The van der Waals surface area contributed by atoms with Gasteiger partial charge in [-0.15, -0.1) is 10.2 Å². The molecule has 29 heavy (non-hydrogen) atoms. The first-order chi connectivity index (χ1) is 13.8. The summed E-state index contributed by atoms with van der Waals surface area (Å²) in [7, 11) is 0. The Bertz CT molecular complexity index is 1000. The van der Waals surface area contributed by atoms with Crippen LogP contribution in [-0.2, 0) is 28.7 Å². The first kappa shape index (κ1) is 20.0. The summed E-state index contributed by atoms with van der Waals surface area (Å²) in [6, 6.07) is 13.4. The summed E-state index contributed by atoms with van der Waals surface area (Å²) in [5, 5.41) is 11.7. The Labute approximate surface area is 162 Å². The van der Waals surface area contributed by atoms with Crippen molar-refractivity contribution < 1.29 is 22.8 Å². The van der Waals surface area contributed by atoms with Crippen LogP contribution in [0.2, 0.25) is 0 Å². The molecule has 0 saturated heterocycles. The Morgan fingerprint density at radius 3 is 2.41 bits per heavy atom. The van der Waals surface area contributed by atoms with Crippen molar-refractivity contribution in [1.82, 2.24) is 31.1 Å². The third-order valence-corrected chi connectivity index (χ3v) is 3.73. The molecule has 0 radical (unpaired) electrons. The van der Waals surface area contributed by atoms with E-state index in [1.807, 2.05) is 18.2 Å². The summed E-state index contributed by atoms with van der Waals surface area (Å²) in [6.07, 6.45) is -4.83. The van der Waals surface area contributed by atoms with Crippen LogP contribution in [0.4, 0.5) is 13.2 Å². The second-order valence-corrected chi connectivity index (χ2v) is 5.98. The van der Waals surface area contributed by atoms with Gasteiger partial charge in [0.25, 0.3) is 5.91 Å². The number of nitrogens with zero attached hydrogens (tertiary/aromatic N) is 4. The lowest BCUT2D eigenvalue weighted by Gasteiger charge is -2.09. The molecule has 0 bridgehead atoms. The number of carbonyl (C=O) groups excluding carboxylic acids is 2. The first-order valence-electron chi connectivity index (χ1n) is 8.38. The molecular weight excluding hydrogens is 389 g/mol. The molecule has 150 valence electrons. The molecule has 0 aliphatic rings. The number of aromatic nitrogens is 4. The summed E-state index contributed by atoms with van der Waals surface area (Å²) in [5.41, 5.74) is 4.34. The first-order valence-corrected chi connectivity index (χ1v) is 8.38. The lowest BCUT2D eigenvalue weighted by molar-refractivity contribution is -0.137. The Balaban J connectivity index is 1.50. The van der Waals surface area contributed by atoms with Gasteiger partial charge in [-0.1, -0.05) is 48.5 Å². The number of halogens is 3. The van der Waals surface area contributed by atoms with E-state index in [2.05, 4.69) is 26.3 Å². The normalized spacial score (nSPS) is 11.1. The monoisotopic (exact) mass is 404 g/mol. The van der Waals surface area contributed by atoms with Crippen LogP contribution in [0.15, 0.2) is 54.6 Å². The van der Waals surface area contributed by atoms with Crippen LogP contribution in [-0.4, -0.2) is 32.0 Å². The number of benzene rings is 2. The molecule has 0 unspecified atom stereocenters. The van der Waals surface area contributed by atoms with E-state index < -0.39 is 23.6 Å². The SMILES string of the molecule is O=C(Cc1cccc(C(F)(F)F)c1)NNC(=O)Cn1nnc(-c2ccccc2)n1. The van der Waals surface area contributed by atoms with Gasteiger partial charge in [0.1, 0.15) is 6.54 Å². The highest BCUT2D eigenvalue weighted by Gasteiger charge is 2.30. The maximum absolute atomic E-state index is 12.7. The summed E-state index contributed by atoms with van der Waals surface area (Å²) in [4.78, 5) is 24.8. The summed E-state index contributed by atoms with van der Waals surface area (Å²) >= 11 is 0. The predicted octanol–water partition coefficient (Wildman–Crippen LogP) is 1.75. The standard InChI is InChI=1S/C18H15F3N6O2/c19-18(20,21)14-8-4-5-12(9-14)10-15(28)22-23-16(29)11-27-25-17(24-26-27)13-6-2-1-3-7-13/h1-9H,10-11H2,(H,22,28)(H,23,29). The molecule has 2 amide bonds. The highest BCUT2D eigenvalue weighted by atomic mass is 19.4. The Morgan fingerprint density at radius 2 is 1.69 bits per heavy atom. The van der Waals surface area contributed by atoms with Crippen molar-refractivity contribution in [2.75, 3.05) is 0 Å². The van der Waals surface area contributed by atoms with E-state index >= 15 is 0 Å². The van der Waals surface area contributed by atoms with Crippen LogP contribution >= 0.6 is 0 Å². The fourth-order valence-electron chi connectivity index (χ4n) is 2.41. The van der Waals surface area contributed by atoms with Crippen molar-refractivity contribution in [1.29, 1.82) is 0 Å².